The van der Waals surface area contributed by atoms with E-state index in [2.05, 4.69) is 15.0 Å². The number of halogens is 2. The number of ether oxygens (including phenoxy) is 1. The Morgan fingerprint density at radius 2 is 1.82 bits per heavy atom. The van der Waals surface area contributed by atoms with Crippen LogP contribution >= 0.6 is 11.3 Å². The maximum atomic E-state index is 13.1. The van der Waals surface area contributed by atoms with Gasteiger partial charge in [0.05, 0.1) is 17.2 Å². The van der Waals surface area contributed by atoms with E-state index in [1.54, 1.807) is 19.1 Å². The van der Waals surface area contributed by atoms with E-state index in [4.69, 9.17) is 0 Å². The Kier molecular flexibility index (Phi) is 6.69. The molecular formula is C24H23F2N3O3S. The zero-order valence-electron chi connectivity index (χ0n) is 18.0. The van der Waals surface area contributed by atoms with Crippen LogP contribution in [0.3, 0.4) is 0 Å². The number of imide groups is 1. The second-order valence-corrected chi connectivity index (χ2v) is 9.01. The van der Waals surface area contributed by atoms with Crippen LogP contribution in [0.25, 0.3) is 0 Å². The van der Waals surface area contributed by atoms with Gasteiger partial charge in [-0.3, -0.25) is 9.69 Å². The predicted molar refractivity (Wildman–Crippen MR) is 120 cm³/mol. The highest BCUT2D eigenvalue weighted by Crippen LogP contribution is 2.26. The molecule has 6 nitrogen and oxygen atoms in total. The highest BCUT2D eigenvalue weighted by atomic mass is 32.1. The molecule has 0 spiro atoms. The van der Waals surface area contributed by atoms with Crippen LogP contribution in [0.5, 0.6) is 5.75 Å². The van der Waals surface area contributed by atoms with E-state index in [1.807, 2.05) is 35.7 Å². The third-order valence-corrected chi connectivity index (χ3v) is 6.42. The van der Waals surface area contributed by atoms with E-state index in [0.717, 1.165) is 16.1 Å². The van der Waals surface area contributed by atoms with Crippen LogP contribution in [0.15, 0.2) is 60.0 Å². The van der Waals surface area contributed by atoms with Crippen molar-refractivity contribution in [2.24, 2.45) is 0 Å². The summed E-state index contributed by atoms with van der Waals surface area (Å²) in [5, 5.41) is 5.59. The summed E-state index contributed by atoms with van der Waals surface area (Å²) in [5.41, 5.74) is 1.63. The Morgan fingerprint density at radius 1 is 1.09 bits per heavy atom. The van der Waals surface area contributed by atoms with Crippen molar-refractivity contribution in [2.45, 2.75) is 44.9 Å². The minimum atomic E-state index is -2.88. The van der Waals surface area contributed by atoms with Gasteiger partial charge in [-0.25, -0.2) is 9.78 Å². The maximum Gasteiger partial charge on any atom is 0.387 e. The van der Waals surface area contributed by atoms with Crippen LogP contribution in [-0.4, -0.2) is 34.0 Å². The van der Waals surface area contributed by atoms with Crippen molar-refractivity contribution >= 4 is 23.3 Å². The number of aryl methyl sites for hydroxylation is 1. The fraction of sp³-hybridized carbons (Fsp3) is 0.292. The molecule has 0 saturated carbocycles. The van der Waals surface area contributed by atoms with Gasteiger partial charge in [0.1, 0.15) is 11.3 Å². The monoisotopic (exact) mass is 471 g/mol. The molecule has 3 amide bonds. The first kappa shape index (κ1) is 22.8. The molecule has 1 fully saturated rings. The van der Waals surface area contributed by atoms with Gasteiger partial charge in [-0.1, -0.05) is 42.5 Å². The van der Waals surface area contributed by atoms with Crippen LogP contribution in [0.4, 0.5) is 13.6 Å². The van der Waals surface area contributed by atoms with Gasteiger partial charge in [-0.15, -0.1) is 11.3 Å². The molecule has 172 valence electrons. The van der Waals surface area contributed by atoms with Crippen molar-refractivity contribution in [3.63, 3.8) is 0 Å². The van der Waals surface area contributed by atoms with Crippen molar-refractivity contribution in [2.75, 3.05) is 0 Å². The van der Waals surface area contributed by atoms with Gasteiger partial charge in [0.15, 0.2) is 0 Å². The Hall–Kier alpha value is -3.33. The van der Waals surface area contributed by atoms with E-state index in [-0.39, 0.29) is 18.2 Å². The molecule has 1 aliphatic rings. The minimum Gasteiger partial charge on any atom is -0.435 e. The number of alkyl halides is 2. The number of hydrogen-bond acceptors (Lipinski definition) is 5. The second kappa shape index (κ2) is 9.66. The van der Waals surface area contributed by atoms with E-state index < -0.39 is 18.2 Å². The fourth-order valence-electron chi connectivity index (χ4n) is 3.73. The molecule has 9 heteroatoms. The standard InChI is InChI=1S/C24H23F2N3O3S/c1-24(12-11-16-7-9-19(10-8-16)32-22(25)26)21(30)29(23(31)28-24)14-18-15-33-20(27-18)13-17-5-3-2-4-6-17/h2-10,15,22H,11-14H2,1H3,(H,28,31). The predicted octanol–water partition coefficient (Wildman–Crippen LogP) is 4.78. The number of urea groups is 1. The molecule has 1 aromatic heterocycles. The minimum absolute atomic E-state index is 0.0753. The lowest BCUT2D eigenvalue weighted by molar-refractivity contribution is -0.131. The Bertz CT molecular complexity index is 1120. The van der Waals surface area contributed by atoms with Crippen molar-refractivity contribution in [1.29, 1.82) is 0 Å². The smallest absolute Gasteiger partial charge is 0.387 e. The fourth-order valence-corrected chi connectivity index (χ4v) is 4.55. The summed E-state index contributed by atoms with van der Waals surface area (Å²) >= 11 is 1.50. The van der Waals surface area contributed by atoms with Gasteiger partial charge in [0.25, 0.3) is 5.91 Å². The molecule has 0 bridgehead atoms. The van der Waals surface area contributed by atoms with Crippen molar-refractivity contribution in [1.82, 2.24) is 15.2 Å². The number of rotatable bonds is 9. The lowest BCUT2D eigenvalue weighted by atomic mass is 9.93. The lowest BCUT2D eigenvalue weighted by Gasteiger charge is -2.21. The molecular weight excluding hydrogens is 448 g/mol. The molecule has 1 aliphatic heterocycles. The third kappa shape index (κ3) is 5.54. The number of carbonyl (C=O) groups is 2. The molecule has 1 saturated heterocycles. The second-order valence-electron chi connectivity index (χ2n) is 8.07. The first-order chi connectivity index (χ1) is 15.8. The SMILES string of the molecule is CC1(CCc2ccc(OC(F)F)cc2)NC(=O)N(Cc2csc(Cc3ccccc3)n2)C1=O. The highest BCUT2D eigenvalue weighted by molar-refractivity contribution is 7.09. The normalized spacial score (nSPS) is 18.1. The van der Waals surface area contributed by atoms with Gasteiger partial charge in [0.2, 0.25) is 0 Å². The number of amides is 3. The molecule has 2 aromatic carbocycles. The summed E-state index contributed by atoms with van der Waals surface area (Å²) in [7, 11) is 0. The Labute approximate surface area is 194 Å². The topological polar surface area (TPSA) is 71.5 Å². The highest BCUT2D eigenvalue weighted by Gasteiger charge is 2.47. The Morgan fingerprint density at radius 3 is 2.52 bits per heavy atom. The number of thiazole rings is 1. The molecule has 3 aromatic rings. The molecule has 1 N–H and O–H groups in total. The van der Waals surface area contributed by atoms with E-state index >= 15 is 0 Å². The van der Waals surface area contributed by atoms with Crippen LogP contribution in [-0.2, 0) is 24.2 Å². The van der Waals surface area contributed by atoms with Crippen LogP contribution in [0.1, 0.15) is 35.2 Å². The molecule has 1 atom stereocenters. The van der Waals surface area contributed by atoms with E-state index in [1.165, 1.54) is 28.4 Å². The summed E-state index contributed by atoms with van der Waals surface area (Å²) in [4.78, 5) is 31.4. The molecule has 4 rings (SSSR count). The van der Waals surface area contributed by atoms with Crippen molar-refractivity contribution < 1.29 is 23.1 Å². The van der Waals surface area contributed by atoms with E-state index in [0.29, 0.717) is 25.0 Å². The van der Waals surface area contributed by atoms with Crippen LogP contribution < -0.4 is 10.1 Å². The number of nitrogens with one attached hydrogen (secondary N) is 1. The number of nitrogens with zero attached hydrogens (tertiary/aromatic N) is 2. The summed E-state index contributed by atoms with van der Waals surface area (Å²) in [6, 6.07) is 15.8. The first-order valence-corrected chi connectivity index (χ1v) is 11.4. The summed E-state index contributed by atoms with van der Waals surface area (Å²) in [6.07, 6.45) is 1.56. The average Bonchev–Trinajstić information content (AvgIpc) is 3.31. The van der Waals surface area contributed by atoms with Crippen LogP contribution in [0, 0.1) is 0 Å². The Balaban J connectivity index is 1.36. The van der Waals surface area contributed by atoms with Gasteiger partial charge < -0.3 is 10.1 Å². The van der Waals surface area contributed by atoms with Crippen molar-refractivity contribution in [3.05, 3.63) is 81.8 Å². The zero-order valence-corrected chi connectivity index (χ0v) is 18.8. The average molecular weight is 472 g/mol. The molecule has 0 aliphatic carbocycles. The maximum absolute atomic E-state index is 13.1. The summed E-state index contributed by atoms with van der Waals surface area (Å²) in [5.74, 6) is -0.228. The number of aromatic nitrogens is 1. The van der Waals surface area contributed by atoms with E-state index in [9.17, 15) is 18.4 Å². The molecule has 1 unspecified atom stereocenters. The molecule has 0 radical (unpaired) electrons. The quantitative estimate of drug-likeness (QED) is 0.456. The number of hydrogen-bond donors (Lipinski definition) is 1. The van der Waals surface area contributed by atoms with Gasteiger partial charge in [-0.2, -0.15) is 8.78 Å². The van der Waals surface area contributed by atoms with Gasteiger partial charge >= 0.3 is 12.6 Å². The molecule has 2 heterocycles. The van der Waals surface area contributed by atoms with Crippen LogP contribution in [0.2, 0.25) is 0 Å². The van der Waals surface area contributed by atoms with Gasteiger partial charge in [-0.05, 0) is 43.0 Å². The number of carbonyl (C=O) groups excluding carboxylic acids is 2. The lowest BCUT2D eigenvalue weighted by Crippen LogP contribution is -2.44. The van der Waals surface area contributed by atoms with Gasteiger partial charge in [0, 0.05) is 11.8 Å². The third-order valence-electron chi connectivity index (χ3n) is 5.52. The summed E-state index contributed by atoms with van der Waals surface area (Å²) < 4.78 is 28.9. The first-order valence-electron chi connectivity index (χ1n) is 10.5. The summed E-state index contributed by atoms with van der Waals surface area (Å²) in [6.45, 7) is -1.06. The zero-order chi connectivity index (χ0) is 23.4. The number of benzene rings is 2. The molecule has 33 heavy (non-hydrogen) atoms. The van der Waals surface area contributed by atoms with Crippen molar-refractivity contribution in [3.8, 4) is 5.75 Å². The largest absolute Gasteiger partial charge is 0.435 e.